The van der Waals surface area contributed by atoms with Gasteiger partial charge in [-0.2, -0.15) is 0 Å². The second-order valence-corrected chi connectivity index (χ2v) is 7.23. The van der Waals surface area contributed by atoms with Gasteiger partial charge in [-0.05, 0) is 18.6 Å². The van der Waals surface area contributed by atoms with Crippen LogP contribution in [0.3, 0.4) is 0 Å². The minimum Gasteiger partial charge on any atom is -0.496 e. The molecule has 0 fully saturated rings. The van der Waals surface area contributed by atoms with Gasteiger partial charge in [0.05, 0.1) is 22.5 Å². The zero-order chi connectivity index (χ0) is 15.3. The summed E-state index contributed by atoms with van der Waals surface area (Å²) in [5, 5.41) is 9.99. The molecule has 1 heterocycles. The van der Waals surface area contributed by atoms with E-state index in [0.717, 1.165) is 12.8 Å². The summed E-state index contributed by atoms with van der Waals surface area (Å²) in [5.41, 5.74) is 0. The van der Waals surface area contributed by atoms with Gasteiger partial charge in [-0.15, -0.1) is 0 Å². The van der Waals surface area contributed by atoms with Gasteiger partial charge in [-0.25, -0.2) is 8.42 Å². The Hall–Kier alpha value is -1.33. The predicted octanol–water partition coefficient (Wildman–Crippen LogP) is 3.03. The van der Waals surface area contributed by atoms with Crippen molar-refractivity contribution in [3.63, 3.8) is 0 Å². The molecule has 1 N–H and O–H groups in total. The van der Waals surface area contributed by atoms with Gasteiger partial charge in [0, 0.05) is 12.8 Å². The van der Waals surface area contributed by atoms with E-state index < -0.39 is 15.9 Å². The molecule has 1 atom stereocenters. The number of hydrogen-bond donors (Lipinski definition) is 1. The van der Waals surface area contributed by atoms with E-state index in [1.54, 1.807) is 30.3 Å². The van der Waals surface area contributed by atoms with Crippen molar-refractivity contribution in [3.8, 4) is 0 Å². The zero-order valence-corrected chi connectivity index (χ0v) is 13.1. The molecular formula is C16H22O4S. The maximum absolute atomic E-state index is 12.6. The van der Waals surface area contributed by atoms with Crippen LogP contribution in [0.1, 0.15) is 39.0 Å². The Morgan fingerprint density at radius 3 is 2.67 bits per heavy atom. The Morgan fingerprint density at radius 2 is 2.00 bits per heavy atom. The molecule has 116 valence electrons. The van der Waals surface area contributed by atoms with Crippen molar-refractivity contribution in [2.75, 3.05) is 6.61 Å². The second-order valence-electron chi connectivity index (χ2n) is 5.26. The molecule has 0 saturated carbocycles. The molecule has 0 aliphatic carbocycles. The van der Waals surface area contributed by atoms with E-state index >= 15 is 0 Å². The van der Waals surface area contributed by atoms with Gasteiger partial charge < -0.3 is 9.84 Å². The molecule has 0 saturated heterocycles. The monoisotopic (exact) mass is 310 g/mol. The minimum atomic E-state index is -3.51. The van der Waals surface area contributed by atoms with Crippen LogP contribution in [0.2, 0.25) is 0 Å². The van der Waals surface area contributed by atoms with Crippen LogP contribution in [-0.2, 0) is 14.6 Å². The summed E-state index contributed by atoms with van der Waals surface area (Å²) in [6.07, 6.45) is 2.72. The van der Waals surface area contributed by atoms with Crippen LogP contribution in [0.25, 0.3) is 0 Å². The molecule has 1 aliphatic rings. The quantitative estimate of drug-likeness (QED) is 0.841. The number of benzene rings is 1. The standard InChI is InChI=1S/C16H22O4S/c1-2-3-7-13(17)12-15-16(10-11-20-15)21(18,19)14-8-5-4-6-9-14/h4-6,8-9,13,17H,2-3,7,10-12H2,1H3. The van der Waals surface area contributed by atoms with E-state index in [2.05, 4.69) is 6.92 Å². The normalized spacial score (nSPS) is 16.9. The topological polar surface area (TPSA) is 63.6 Å². The third kappa shape index (κ3) is 3.86. The zero-order valence-electron chi connectivity index (χ0n) is 12.3. The fraction of sp³-hybridized carbons (Fsp3) is 0.500. The van der Waals surface area contributed by atoms with Gasteiger partial charge in [-0.3, -0.25) is 0 Å². The van der Waals surface area contributed by atoms with Gasteiger partial charge in [0.1, 0.15) is 5.76 Å². The highest BCUT2D eigenvalue weighted by Gasteiger charge is 2.30. The van der Waals surface area contributed by atoms with Crippen LogP contribution in [0, 0.1) is 0 Å². The molecule has 4 nitrogen and oxygen atoms in total. The highest BCUT2D eigenvalue weighted by molar-refractivity contribution is 7.95. The van der Waals surface area contributed by atoms with E-state index in [0.29, 0.717) is 30.1 Å². The van der Waals surface area contributed by atoms with Crippen LogP contribution in [0.4, 0.5) is 0 Å². The molecule has 0 radical (unpaired) electrons. The first-order valence-corrected chi connectivity index (χ1v) is 8.87. The van der Waals surface area contributed by atoms with E-state index in [1.165, 1.54) is 0 Å². The van der Waals surface area contributed by atoms with Crippen LogP contribution < -0.4 is 0 Å². The van der Waals surface area contributed by atoms with E-state index in [1.807, 2.05) is 0 Å². The molecule has 0 bridgehead atoms. The summed E-state index contributed by atoms with van der Waals surface area (Å²) >= 11 is 0. The van der Waals surface area contributed by atoms with Gasteiger partial charge in [0.2, 0.25) is 9.84 Å². The number of hydrogen-bond acceptors (Lipinski definition) is 4. The molecule has 1 aliphatic heterocycles. The first-order valence-electron chi connectivity index (χ1n) is 7.38. The lowest BCUT2D eigenvalue weighted by Crippen LogP contribution is -2.11. The number of unbranched alkanes of at least 4 members (excludes halogenated alkanes) is 1. The summed E-state index contributed by atoms with van der Waals surface area (Å²) in [6, 6.07) is 8.38. The Labute approximate surface area is 126 Å². The molecule has 1 aromatic rings. The molecule has 0 spiro atoms. The Balaban J connectivity index is 2.22. The first kappa shape index (κ1) is 16.0. The number of sulfone groups is 1. The predicted molar refractivity (Wildman–Crippen MR) is 81.4 cm³/mol. The summed E-state index contributed by atoms with van der Waals surface area (Å²) in [4.78, 5) is 0.607. The minimum absolute atomic E-state index is 0.279. The van der Waals surface area contributed by atoms with Crippen LogP contribution >= 0.6 is 0 Å². The smallest absolute Gasteiger partial charge is 0.206 e. The highest BCUT2D eigenvalue weighted by atomic mass is 32.2. The molecule has 1 aromatic carbocycles. The molecule has 0 aromatic heterocycles. The van der Waals surface area contributed by atoms with Gasteiger partial charge >= 0.3 is 0 Å². The van der Waals surface area contributed by atoms with Gasteiger partial charge in [-0.1, -0.05) is 38.0 Å². The molecule has 21 heavy (non-hydrogen) atoms. The number of rotatable bonds is 7. The van der Waals surface area contributed by atoms with Crippen molar-refractivity contribution < 1.29 is 18.3 Å². The third-order valence-corrected chi connectivity index (χ3v) is 5.58. The van der Waals surface area contributed by atoms with Crippen molar-refractivity contribution in [1.29, 1.82) is 0 Å². The van der Waals surface area contributed by atoms with E-state index in [4.69, 9.17) is 4.74 Å². The Kier molecular flexibility index (Phi) is 5.42. The van der Waals surface area contributed by atoms with Crippen LogP contribution in [0.15, 0.2) is 45.9 Å². The number of aliphatic hydroxyl groups is 1. The lowest BCUT2D eigenvalue weighted by molar-refractivity contribution is 0.131. The van der Waals surface area contributed by atoms with Crippen molar-refractivity contribution in [3.05, 3.63) is 41.0 Å². The maximum Gasteiger partial charge on any atom is 0.206 e. The second kappa shape index (κ2) is 7.09. The van der Waals surface area contributed by atoms with Crippen LogP contribution in [-0.4, -0.2) is 26.2 Å². The fourth-order valence-corrected chi connectivity index (χ4v) is 4.04. The fourth-order valence-electron chi connectivity index (χ4n) is 2.44. The third-order valence-electron chi connectivity index (χ3n) is 3.61. The highest BCUT2D eigenvalue weighted by Crippen LogP contribution is 2.32. The van der Waals surface area contributed by atoms with Crippen molar-refractivity contribution >= 4 is 9.84 Å². The lowest BCUT2D eigenvalue weighted by Gasteiger charge is -2.12. The van der Waals surface area contributed by atoms with Gasteiger partial charge in [0.25, 0.3) is 0 Å². The van der Waals surface area contributed by atoms with Crippen LogP contribution in [0.5, 0.6) is 0 Å². The number of ether oxygens (including phenoxy) is 1. The molecule has 1 unspecified atom stereocenters. The molecule has 2 rings (SSSR count). The Bertz CT molecular complexity index is 590. The molecular weight excluding hydrogens is 288 g/mol. The van der Waals surface area contributed by atoms with Crippen molar-refractivity contribution in [1.82, 2.24) is 0 Å². The largest absolute Gasteiger partial charge is 0.496 e. The van der Waals surface area contributed by atoms with Crippen molar-refractivity contribution in [2.24, 2.45) is 0 Å². The lowest BCUT2D eigenvalue weighted by atomic mass is 10.1. The Morgan fingerprint density at radius 1 is 1.29 bits per heavy atom. The SMILES string of the molecule is CCCCC(O)CC1=C(S(=O)(=O)c2ccccc2)CCO1. The van der Waals surface area contributed by atoms with Crippen molar-refractivity contribution in [2.45, 2.75) is 50.0 Å². The van der Waals surface area contributed by atoms with E-state index in [-0.39, 0.29) is 11.3 Å². The van der Waals surface area contributed by atoms with E-state index in [9.17, 15) is 13.5 Å². The number of aliphatic hydroxyl groups excluding tert-OH is 1. The van der Waals surface area contributed by atoms with Gasteiger partial charge in [0.15, 0.2) is 0 Å². The molecule has 0 amide bonds. The molecule has 5 heteroatoms. The summed E-state index contributed by atoms with van der Waals surface area (Å²) < 4.78 is 30.7. The summed E-state index contributed by atoms with van der Waals surface area (Å²) in [5.74, 6) is 0.433. The first-order chi connectivity index (χ1) is 10.1. The summed E-state index contributed by atoms with van der Waals surface area (Å²) in [7, 11) is -3.51. The maximum atomic E-state index is 12.6. The summed E-state index contributed by atoms with van der Waals surface area (Å²) in [6.45, 7) is 2.43. The average molecular weight is 310 g/mol. The average Bonchev–Trinajstić information content (AvgIpc) is 2.95.